The molecular formula is C21H19BF5NO3. The number of rotatable bonds is 3. The Morgan fingerprint density at radius 2 is 1.77 bits per heavy atom. The van der Waals surface area contributed by atoms with Crippen LogP contribution in [0.1, 0.15) is 42.7 Å². The lowest BCUT2D eigenvalue weighted by Crippen LogP contribution is -2.28. The molecule has 0 aromatic heterocycles. The van der Waals surface area contributed by atoms with E-state index in [4.69, 9.17) is 17.7 Å². The molecule has 1 fully saturated rings. The predicted octanol–water partition coefficient (Wildman–Crippen LogP) is 4.39. The van der Waals surface area contributed by atoms with Gasteiger partial charge in [-0.2, -0.15) is 13.2 Å². The van der Waals surface area contributed by atoms with E-state index in [1.807, 2.05) is 0 Å². The normalized spacial score (nSPS) is 18.5. The summed E-state index contributed by atoms with van der Waals surface area (Å²) in [7, 11) is 5.49. The smallest absolute Gasteiger partial charge is 0.416 e. The number of carbonyl (C=O) groups is 2. The molecule has 0 spiro atoms. The van der Waals surface area contributed by atoms with Crippen molar-refractivity contribution in [1.29, 1.82) is 0 Å². The number of halogens is 5. The first-order valence-electron chi connectivity index (χ1n) is 9.37. The maximum absolute atomic E-state index is 14.0. The van der Waals surface area contributed by atoms with Crippen molar-refractivity contribution in [2.75, 3.05) is 5.32 Å². The fourth-order valence-electron chi connectivity index (χ4n) is 3.56. The lowest BCUT2D eigenvalue weighted by molar-refractivity contribution is -0.137. The average Bonchev–Trinajstić information content (AvgIpc) is 2.71. The van der Waals surface area contributed by atoms with Crippen LogP contribution in [-0.4, -0.2) is 25.3 Å². The van der Waals surface area contributed by atoms with E-state index >= 15 is 0 Å². The molecule has 0 aliphatic heterocycles. The van der Waals surface area contributed by atoms with Crippen molar-refractivity contribution in [2.45, 2.75) is 37.8 Å². The molecule has 1 aliphatic rings. The molecule has 31 heavy (non-hydrogen) atoms. The Labute approximate surface area is 176 Å². The first-order valence-corrected chi connectivity index (χ1v) is 9.37. The number of amides is 1. The molecule has 1 amide bonds. The predicted molar refractivity (Wildman–Crippen MR) is 105 cm³/mol. The van der Waals surface area contributed by atoms with Gasteiger partial charge in [-0.1, -0.05) is 24.0 Å². The fourth-order valence-corrected chi connectivity index (χ4v) is 3.56. The van der Waals surface area contributed by atoms with Gasteiger partial charge in [0.1, 0.15) is 19.5 Å². The van der Waals surface area contributed by atoms with Gasteiger partial charge < -0.3 is 10.4 Å². The Hall–Kier alpha value is -2.91. The number of alkyl halides is 3. The summed E-state index contributed by atoms with van der Waals surface area (Å²) >= 11 is 0. The molecule has 164 valence electrons. The fraction of sp³-hybridized carbons (Fsp3) is 0.333. The Kier molecular flexibility index (Phi) is 8.18. The molecule has 0 saturated heterocycles. The van der Waals surface area contributed by atoms with Crippen LogP contribution in [0.5, 0.6) is 0 Å². The van der Waals surface area contributed by atoms with Crippen LogP contribution in [0.4, 0.5) is 27.6 Å². The molecule has 2 unspecified atom stereocenters. The van der Waals surface area contributed by atoms with Crippen LogP contribution in [0.3, 0.4) is 0 Å². The quantitative estimate of drug-likeness (QED) is 0.424. The van der Waals surface area contributed by atoms with Crippen molar-refractivity contribution < 1.29 is 36.6 Å². The highest BCUT2D eigenvalue weighted by atomic mass is 19.4. The second kappa shape index (κ2) is 10.4. The van der Waals surface area contributed by atoms with Gasteiger partial charge in [0.05, 0.1) is 11.3 Å². The highest BCUT2D eigenvalue weighted by Gasteiger charge is 2.32. The second-order valence-corrected chi connectivity index (χ2v) is 7.13. The van der Waals surface area contributed by atoms with E-state index in [9.17, 15) is 26.7 Å². The minimum absolute atomic E-state index is 0.0444. The zero-order chi connectivity index (χ0) is 23.2. The summed E-state index contributed by atoms with van der Waals surface area (Å²) in [5.74, 6) is -2.61. The van der Waals surface area contributed by atoms with E-state index in [2.05, 4.69) is 5.32 Å². The van der Waals surface area contributed by atoms with Crippen LogP contribution in [0.15, 0.2) is 36.4 Å². The molecule has 2 N–H and O–H groups in total. The van der Waals surface area contributed by atoms with Crippen LogP contribution in [-0.2, 0) is 15.8 Å². The zero-order valence-electron chi connectivity index (χ0n) is 16.3. The van der Waals surface area contributed by atoms with Gasteiger partial charge in [-0.15, -0.1) is 0 Å². The number of hydrogen-bond acceptors (Lipinski definition) is 2. The van der Waals surface area contributed by atoms with Gasteiger partial charge in [-0.25, -0.2) is 8.78 Å². The largest absolute Gasteiger partial charge is 0.483 e. The first kappa shape index (κ1) is 24.4. The number of hydrogen-bond donors (Lipinski definition) is 2. The molecule has 1 saturated carbocycles. The summed E-state index contributed by atoms with van der Waals surface area (Å²) in [6.07, 6.45) is -2.14. The summed E-state index contributed by atoms with van der Waals surface area (Å²) in [4.78, 5) is 20.9. The van der Waals surface area contributed by atoms with Gasteiger partial charge in [-0.05, 0) is 55.0 Å². The van der Waals surface area contributed by atoms with E-state index in [0.717, 1.165) is 30.5 Å². The molecule has 2 atom stereocenters. The van der Waals surface area contributed by atoms with Crippen molar-refractivity contribution >= 4 is 31.4 Å². The molecule has 10 heteroatoms. The minimum atomic E-state index is -4.66. The van der Waals surface area contributed by atoms with E-state index in [1.165, 1.54) is 12.1 Å². The van der Waals surface area contributed by atoms with Crippen molar-refractivity contribution in [3.63, 3.8) is 0 Å². The molecule has 1 aliphatic carbocycles. The first-order chi connectivity index (χ1) is 14.6. The van der Waals surface area contributed by atoms with Crippen LogP contribution < -0.4 is 10.8 Å². The number of nitrogens with one attached hydrogen (secondary N) is 1. The van der Waals surface area contributed by atoms with Gasteiger partial charge in [-0.3, -0.25) is 9.59 Å². The zero-order valence-corrected chi connectivity index (χ0v) is 16.3. The SMILES string of the molecule is O=CO.[B]c1ccc(C2CCCC(C(=O)Nc3ccc(C(F)(F)F)cc3F)C2)cc1F. The Bertz CT molecular complexity index is 936. The van der Waals surface area contributed by atoms with Crippen LogP contribution in [0, 0.1) is 17.6 Å². The highest BCUT2D eigenvalue weighted by molar-refractivity contribution is 6.32. The maximum atomic E-state index is 14.0. The van der Waals surface area contributed by atoms with Gasteiger partial charge in [0.2, 0.25) is 5.91 Å². The Balaban J connectivity index is 0.00000107. The van der Waals surface area contributed by atoms with Gasteiger partial charge in [0.25, 0.3) is 6.47 Å². The van der Waals surface area contributed by atoms with Gasteiger partial charge in [0.15, 0.2) is 0 Å². The Morgan fingerprint density at radius 3 is 2.35 bits per heavy atom. The van der Waals surface area contributed by atoms with Crippen LogP contribution in [0.25, 0.3) is 0 Å². The molecule has 0 bridgehead atoms. The second-order valence-electron chi connectivity index (χ2n) is 7.13. The minimum Gasteiger partial charge on any atom is -0.483 e. The van der Waals surface area contributed by atoms with Gasteiger partial charge >= 0.3 is 6.18 Å². The standard InChI is InChI=1S/C20H17BF5NO.CH2O2/c21-15-6-4-12(9-16(15)22)11-2-1-3-13(8-11)19(28)27-18-7-5-14(10-17(18)23)20(24,25)26;2-1-3/h4-7,9-11,13H,1-3,8H2,(H,27,28);1H,(H,2,3). The van der Waals surface area contributed by atoms with E-state index in [0.29, 0.717) is 18.9 Å². The van der Waals surface area contributed by atoms with Crippen LogP contribution in [0.2, 0.25) is 0 Å². The molecular weight excluding hydrogens is 420 g/mol. The topological polar surface area (TPSA) is 66.4 Å². The van der Waals surface area contributed by atoms with E-state index in [-0.39, 0.29) is 23.5 Å². The summed E-state index contributed by atoms with van der Waals surface area (Å²) in [6, 6.07) is 6.54. The summed E-state index contributed by atoms with van der Waals surface area (Å²) in [5, 5.41) is 9.26. The van der Waals surface area contributed by atoms with Crippen molar-refractivity contribution in [3.05, 3.63) is 59.2 Å². The summed E-state index contributed by atoms with van der Waals surface area (Å²) in [5.41, 5.74) is -0.624. The maximum Gasteiger partial charge on any atom is 0.416 e. The summed E-state index contributed by atoms with van der Waals surface area (Å²) in [6.45, 7) is -0.250. The molecule has 2 aromatic rings. The summed E-state index contributed by atoms with van der Waals surface area (Å²) < 4.78 is 65.5. The van der Waals surface area contributed by atoms with Crippen molar-refractivity contribution in [3.8, 4) is 0 Å². The number of carbonyl (C=O) groups excluding carboxylic acids is 1. The number of anilines is 1. The molecule has 3 rings (SSSR count). The Morgan fingerprint density at radius 1 is 1.10 bits per heavy atom. The molecule has 0 heterocycles. The third kappa shape index (κ3) is 6.54. The third-order valence-electron chi connectivity index (χ3n) is 5.10. The van der Waals surface area contributed by atoms with Crippen molar-refractivity contribution in [1.82, 2.24) is 0 Å². The highest BCUT2D eigenvalue weighted by Crippen LogP contribution is 2.37. The molecule has 2 aromatic carbocycles. The van der Waals surface area contributed by atoms with E-state index < -0.39 is 35.2 Å². The lowest BCUT2D eigenvalue weighted by atomic mass is 9.77. The average molecular weight is 439 g/mol. The van der Waals surface area contributed by atoms with E-state index in [1.54, 1.807) is 6.07 Å². The number of carboxylic acid groups (broad SMARTS) is 1. The number of benzene rings is 2. The molecule has 2 radical (unpaired) electrons. The van der Waals surface area contributed by atoms with Crippen LogP contribution >= 0.6 is 0 Å². The van der Waals surface area contributed by atoms with Crippen molar-refractivity contribution in [2.24, 2.45) is 5.92 Å². The lowest BCUT2D eigenvalue weighted by Gasteiger charge is -2.29. The molecule has 4 nitrogen and oxygen atoms in total. The monoisotopic (exact) mass is 439 g/mol. The third-order valence-corrected chi connectivity index (χ3v) is 5.10. The van der Waals surface area contributed by atoms with Gasteiger partial charge in [0, 0.05) is 5.92 Å².